The van der Waals surface area contributed by atoms with Gasteiger partial charge >= 0.3 is 0 Å². The van der Waals surface area contributed by atoms with Gasteiger partial charge in [-0.05, 0) is 45.2 Å². The summed E-state index contributed by atoms with van der Waals surface area (Å²) in [6.07, 6.45) is 5.14. The fourth-order valence-electron chi connectivity index (χ4n) is 3.09. The molecule has 1 saturated carbocycles. The summed E-state index contributed by atoms with van der Waals surface area (Å²) < 4.78 is 13.9. The van der Waals surface area contributed by atoms with Crippen LogP contribution in [0.2, 0.25) is 0 Å². The normalized spacial score (nSPS) is 26.3. The lowest BCUT2D eigenvalue weighted by Crippen LogP contribution is -2.47. The van der Waals surface area contributed by atoms with Gasteiger partial charge in [0.25, 0.3) is 0 Å². The van der Waals surface area contributed by atoms with Gasteiger partial charge in [-0.15, -0.1) is 0 Å². The molecule has 0 bridgehead atoms. The van der Waals surface area contributed by atoms with Crippen molar-refractivity contribution in [2.24, 2.45) is 0 Å². The minimum atomic E-state index is -0.0766. The summed E-state index contributed by atoms with van der Waals surface area (Å²) in [5.74, 6) is -0.0766. The number of rotatable bonds is 4. The fraction of sp³-hybridized carbons (Fsp3) is 0.625. The summed E-state index contributed by atoms with van der Waals surface area (Å²) in [6.45, 7) is 4.25. The van der Waals surface area contributed by atoms with Gasteiger partial charge in [-0.3, -0.25) is 4.90 Å². The van der Waals surface area contributed by atoms with Gasteiger partial charge in [-0.1, -0.05) is 18.2 Å². The van der Waals surface area contributed by atoms with Crippen molar-refractivity contribution in [3.63, 3.8) is 0 Å². The van der Waals surface area contributed by atoms with E-state index in [0.29, 0.717) is 6.04 Å². The summed E-state index contributed by atoms with van der Waals surface area (Å²) in [5.41, 5.74) is 0.828. The maximum absolute atomic E-state index is 13.9. The lowest BCUT2D eigenvalue weighted by molar-refractivity contribution is 0.143. The average Bonchev–Trinajstić information content (AvgIpc) is 3.23. The second-order valence-electron chi connectivity index (χ2n) is 5.97. The van der Waals surface area contributed by atoms with Crippen LogP contribution in [0.5, 0.6) is 0 Å². The molecule has 1 aliphatic heterocycles. The Bertz CT molecular complexity index is 431. The molecule has 0 spiro atoms. The quantitative estimate of drug-likeness (QED) is 0.897. The molecule has 3 rings (SSSR count). The third-order valence-electron chi connectivity index (χ3n) is 4.40. The van der Waals surface area contributed by atoms with Crippen LogP contribution in [0.3, 0.4) is 0 Å². The van der Waals surface area contributed by atoms with Gasteiger partial charge in [-0.25, -0.2) is 4.39 Å². The Kier molecular flexibility index (Phi) is 3.85. The molecule has 1 aromatic carbocycles. The molecular weight excluding hydrogens is 239 g/mol. The molecule has 2 aliphatic rings. The summed E-state index contributed by atoms with van der Waals surface area (Å²) in [7, 11) is 0. The van der Waals surface area contributed by atoms with Crippen LogP contribution in [-0.4, -0.2) is 30.1 Å². The standard InChI is InChI=1S/C16H23FN2/c1-12(15-6-2-3-7-16(15)17)19-10-4-5-14(11-19)18-13-8-9-13/h2-3,6-7,12-14,18H,4-5,8-11H2,1H3. The molecule has 1 heterocycles. The summed E-state index contributed by atoms with van der Waals surface area (Å²) in [5, 5.41) is 3.71. The molecule has 0 aromatic heterocycles. The van der Waals surface area contributed by atoms with E-state index in [2.05, 4.69) is 17.1 Å². The molecule has 2 atom stereocenters. The number of nitrogens with zero attached hydrogens (tertiary/aromatic N) is 1. The second-order valence-corrected chi connectivity index (χ2v) is 5.97. The van der Waals surface area contributed by atoms with Crippen molar-refractivity contribution in [2.75, 3.05) is 13.1 Å². The van der Waals surface area contributed by atoms with E-state index in [4.69, 9.17) is 0 Å². The lowest BCUT2D eigenvalue weighted by atomic mass is 10.00. The second kappa shape index (κ2) is 5.59. The van der Waals surface area contributed by atoms with Crippen LogP contribution in [-0.2, 0) is 0 Å². The van der Waals surface area contributed by atoms with E-state index < -0.39 is 0 Å². The minimum absolute atomic E-state index is 0.0766. The minimum Gasteiger partial charge on any atom is -0.310 e. The lowest BCUT2D eigenvalue weighted by Gasteiger charge is -2.37. The van der Waals surface area contributed by atoms with Crippen LogP contribution in [0.1, 0.15) is 44.2 Å². The summed E-state index contributed by atoms with van der Waals surface area (Å²) in [4.78, 5) is 2.42. The molecule has 19 heavy (non-hydrogen) atoms. The molecular formula is C16H23FN2. The molecule has 104 valence electrons. The van der Waals surface area contributed by atoms with E-state index in [9.17, 15) is 4.39 Å². The molecule has 1 aromatic rings. The predicted molar refractivity (Wildman–Crippen MR) is 75.6 cm³/mol. The first-order valence-corrected chi connectivity index (χ1v) is 7.48. The molecule has 2 fully saturated rings. The molecule has 1 saturated heterocycles. The molecule has 3 heteroatoms. The maximum atomic E-state index is 13.9. The number of nitrogens with one attached hydrogen (secondary N) is 1. The Morgan fingerprint density at radius 3 is 2.74 bits per heavy atom. The molecule has 1 aliphatic carbocycles. The van der Waals surface area contributed by atoms with Gasteiger partial charge < -0.3 is 5.32 Å². The van der Waals surface area contributed by atoms with Crippen molar-refractivity contribution in [1.29, 1.82) is 0 Å². The highest BCUT2D eigenvalue weighted by molar-refractivity contribution is 5.20. The number of benzene rings is 1. The zero-order valence-electron chi connectivity index (χ0n) is 11.6. The van der Waals surface area contributed by atoms with Crippen LogP contribution >= 0.6 is 0 Å². The van der Waals surface area contributed by atoms with Gasteiger partial charge in [0.05, 0.1) is 0 Å². The highest BCUT2D eigenvalue weighted by Crippen LogP contribution is 2.27. The smallest absolute Gasteiger partial charge is 0.127 e. The topological polar surface area (TPSA) is 15.3 Å². The Balaban J connectivity index is 1.65. The van der Waals surface area contributed by atoms with Crippen molar-refractivity contribution >= 4 is 0 Å². The summed E-state index contributed by atoms with van der Waals surface area (Å²) >= 11 is 0. The molecule has 2 unspecified atom stereocenters. The first-order chi connectivity index (χ1) is 9.24. The number of hydrogen-bond acceptors (Lipinski definition) is 2. The largest absolute Gasteiger partial charge is 0.310 e. The average molecular weight is 262 g/mol. The molecule has 2 nitrogen and oxygen atoms in total. The van der Waals surface area contributed by atoms with Crippen molar-refractivity contribution in [3.05, 3.63) is 35.6 Å². The predicted octanol–water partition coefficient (Wildman–Crippen LogP) is 3.10. The van der Waals surface area contributed by atoms with E-state index >= 15 is 0 Å². The zero-order valence-corrected chi connectivity index (χ0v) is 11.6. The van der Waals surface area contributed by atoms with Gasteiger partial charge in [0.1, 0.15) is 5.82 Å². The van der Waals surface area contributed by atoms with Crippen LogP contribution in [0.25, 0.3) is 0 Å². The van der Waals surface area contributed by atoms with Gasteiger partial charge in [0, 0.05) is 30.2 Å². The third kappa shape index (κ3) is 3.15. The maximum Gasteiger partial charge on any atom is 0.127 e. The summed E-state index contributed by atoms with van der Waals surface area (Å²) in [6, 6.07) is 8.69. The Hall–Kier alpha value is -0.930. The Morgan fingerprint density at radius 2 is 2.00 bits per heavy atom. The van der Waals surface area contributed by atoms with Crippen molar-refractivity contribution in [1.82, 2.24) is 10.2 Å². The van der Waals surface area contributed by atoms with Gasteiger partial charge in [0.15, 0.2) is 0 Å². The van der Waals surface area contributed by atoms with E-state index in [1.165, 1.54) is 25.7 Å². The van der Waals surface area contributed by atoms with Gasteiger partial charge in [-0.2, -0.15) is 0 Å². The van der Waals surface area contributed by atoms with Gasteiger partial charge in [0.2, 0.25) is 0 Å². The number of likely N-dealkylation sites (tertiary alicyclic amines) is 1. The monoisotopic (exact) mass is 262 g/mol. The molecule has 0 amide bonds. The SMILES string of the molecule is CC(c1ccccc1F)N1CCCC(NC2CC2)C1. The zero-order chi connectivity index (χ0) is 13.2. The van der Waals surface area contributed by atoms with Crippen LogP contribution in [0, 0.1) is 5.82 Å². The van der Waals surface area contributed by atoms with E-state index in [-0.39, 0.29) is 11.9 Å². The highest BCUT2D eigenvalue weighted by Gasteiger charge is 2.29. The van der Waals surface area contributed by atoms with E-state index in [1.807, 2.05) is 12.1 Å². The Morgan fingerprint density at radius 1 is 1.21 bits per heavy atom. The van der Waals surface area contributed by atoms with Crippen molar-refractivity contribution in [2.45, 2.75) is 50.7 Å². The van der Waals surface area contributed by atoms with E-state index in [0.717, 1.165) is 24.7 Å². The van der Waals surface area contributed by atoms with Crippen molar-refractivity contribution in [3.8, 4) is 0 Å². The van der Waals surface area contributed by atoms with E-state index in [1.54, 1.807) is 12.1 Å². The van der Waals surface area contributed by atoms with Crippen molar-refractivity contribution < 1.29 is 4.39 Å². The number of hydrogen-bond donors (Lipinski definition) is 1. The van der Waals surface area contributed by atoms with Crippen LogP contribution < -0.4 is 5.32 Å². The molecule has 1 N–H and O–H groups in total. The number of halogens is 1. The first kappa shape index (κ1) is 13.1. The van der Waals surface area contributed by atoms with Crippen LogP contribution in [0.4, 0.5) is 4.39 Å². The Labute approximate surface area is 115 Å². The molecule has 0 radical (unpaired) electrons. The van der Waals surface area contributed by atoms with Crippen LogP contribution in [0.15, 0.2) is 24.3 Å². The third-order valence-corrected chi connectivity index (χ3v) is 4.40. The fourth-order valence-corrected chi connectivity index (χ4v) is 3.09. The number of piperidine rings is 1. The highest BCUT2D eigenvalue weighted by atomic mass is 19.1. The first-order valence-electron chi connectivity index (χ1n) is 7.48.